The van der Waals surface area contributed by atoms with Crippen molar-refractivity contribution in [3.63, 3.8) is 0 Å². The van der Waals surface area contributed by atoms with Crippen molar-refractivity contribution < 1.29 is 9.67 Å². The fourth-order valence-electron chi connectivity index (χ4n) is 1.71. The van der Waals surface area contributed by atoms with Gasteiger partial charge in [-0.1, -0.05) is 6.07 Å². The Hall–Kier alpha value is -1.48. The highest BCUT2D eigenvalue weighted by molar-refractivity contribution is 7.99. The third kappa shape index (κ3) is 4.41. The highest BCUT2D eigenvalue weighted by atomic mass is 32.2. The molecule has 2 rings (SSSR count). The van der Waals surface area contributed by atoms with E-state index in [1.807, 2.05) is 30.0 Å². The Morgan fingerprint density at radius 1 is 0.944 bits per heavy atom. The van der Waals surface area contributed by atoms with E-state index in [2.05, 4.69) is 29.1 Å². The van der Waals surface area contributed by atoms with Gasteiger partial charge in [0, 0.05) is 23.4 Å². The highest BCUT2D eigenvalue weighted by Crippen LogP contribution is 2.21. The van der Waals surface area contributed by atoms with Crippen LogP contribution in [0, 0.1) is 0 Å². The largest absolute Gasteiger partial charge is 0.508 e. The molecule has 1 aromatic carbocycles. The summed E-state index contributed by atoms with van der Waals surface area (Å²) in [5.41, 5.74) is 0. The van der Waals surface area contributed by atoms with Crippen molar-refractivity contribution in [2.75, 3.05) is 5.75 Å². The van der Waals surface area contributed by atoms with Crippen LogP contribution >= 0.6 is 11.8 Å². The predicted molar refractivity (Wildman–Crippen MR) is 74.7 cm³/mol. The molecule has 0 spiro atoms. The second-order valence-electron chi connectivity index (χ2n) is 4.16. The van der Waals surface area contributed by atoms with Crippen molar-refractivity contribution in [2.24, 2.45) is 0 Å². The van der Waals surface area contributed by atoms with Gasteiger partial charge in [-0.3, -0.25) is 0 Å². The first-order valence-electron chi connectivity index (χ1n) is 6.20. The molecule has 0 amide bonds. The molecule has 2 nitrogen and oxygen atoms in total. The first-order chi connectivity index (χ1) is 8.84. The summed E-state index contributed by atoms with van der Waals surface area (Å²) in [6.07, 6.45) is 6.60. The van der Waals surface area contributed by atoms with Crippen LogP contribution in [0.1, 0.15) is 12.8 Å². The Labute approximate surface area is 112 Å². The summed E-state index contributed by atoms with van der Waals surface area (Å²) < 4.78 is 2.21. The van der Waals surface area contributed by atoms with Crippen LogP contribution in [0.4, 0.5) is 0 Å². The Kier molecular flexibility index (Phi) is 5.09. The number of aromatic hydroxyl groups is 1. The number of hydrogen-bond acceptors (Lipinski definition) is 2. The number of phenolic OH excluding ortho intramolecular Hbond substituents is 1. The number of thioether (sulfide) groups is 1. The van der Waals surface area contributed by atoms with E-state index in [-0.39, 0.29) is 0 Å². The summed E-state index contributed by atoms with van der Waals surface area (Å²) in [7, 11) is 0. The van der Waals surface area contributed by atoms with E-state index in [0.29, 0.717) is 5.75 Å². The molecule has 94 valence electrons. The average Bonchev–Trinajstić information content (AvgIpc) is 2.42. The minimum Gasteiger partial charge on any atom is -0.508 e. The van der Waals surface area contributed by atoms with Crippen LogP contribution in [0.5, 0.6) is 5.75 Å². The molecule has 0 unspecified atom stereocenters. The molecule has 2 aromatic rings. The van der Waals surface area contributed by atoms with Crippen LogP contribution in [0.3, 0.4) is 0 Å². The van der Waals surface area contributed by atoms with Gasteiger partial charge in [0.15, 0.2) is 12.4 Å². The van der Waals surface area contributed by atoms with Gasteiger partial charge in [0.25, 0.3) is 0 Å². The fraction of sp³-hybridized carbons (Fsp3) is 0.267. The maximum atomic E-state index is 9.18. The van der Waals surface area contributed by atoms with E-state index in [1.165, 1.54) is 17.7 Å². The maximum absolute atomic E-state index is 9.18. The molecule has 0 aliphatic heterocycles. The number of aryl methyl sites for hydroxylation is 1. The number of unbranched alkanes of at least 4 members (excludes halogenated alkanes) is 1. The minimum absolute atomic E-state index is 0.333. The van der Waals surface area contributed by atoms with Crippen LogP contribution in [0.2, 0.25) is 0 Å². The van der Waals surface area contributed by atoms with Crippen LogP contribution in [0.15, 0.2) is 59.8 Å². The van der Waals surface area contributed by atoms with Gasteiger partial charge in [-0.25, -0.2) is 4.57 Å². The van der Waals surface area contributed by atoms with E-state index in [1.54, 1.807) is 12.1 Å². The first kappa shape index (κ1) is 13.0. The molecule has 1 N–H and O–H groups in total. The van der Waals surface area contributed by atoms with Gasteiger partial charge in [-0.05, 0) is 36.4 Å². The zero-order chi connectivity index (χ0) is 12.6. The standard InChI is InChI=1S/C15H17NOS/c17-14-6-8-15(9-7-14)18-13-5-4-12-16-10-2-1-3-11-16/h1-3,6-11H,4-5,12-13H2/p+1. The van der Waals surface area contributed by atoms with Crippen LogP contribution < -0.4 is 4.57 Å². The Balaban J connectivity index is 1.63. The normalized spacial score (nSPS) is 10.4. The van der Waals surface area contributed by atoms with Crippen molar-refractivity contribution in [3.8, 4) is 5.75 Å². The molecule has 0 saturated heterocycles. The maximum Gasteiger partial charge on any atom is 0.168 e. The molecule has 18 heavy (non-hydrogen) atoms. The molecule has 1 heterocycles. The number of nitrogens with zero attached hydrogens (tertiary/aromatic N) is 1. The second kappa shape index (κ2) is 7.07. The number of aromatic nitrogens is 1. The molecule has 0 radical (unpaired) electrons. The zero-order valence-corrected chi connectivity index (χ0v) is 11.1. The Morgan fingerprint density at radius 3 is 2.39 bits per heavy atom. The predicted octanol–water partition coefficient (Wildman–Crippen LogP) is 3.25. The van der Waals surface area contributed by atoms with E-state index in [0.717, 1.165) is 12.3 Å². The SMILES string of the molecule is Oc1ccc(SCCCC[n+]2ccccc2)cc1. The Morgan fingerprint density at radius 2 is 1.67 bits per heavy atom. The molecular weight excluding hydrogens is 242 g/mol. The van der Waals surface area contributed by atoms with E-state index >= 15 is 0 Å². The molecule has 0 fully saturated rings. The fourth-order valence-corrected chi connectivity index (χ4v) is 2.62. The number of phenols is 1. The van der Waals surface area contributed by atoms with Crippen LogP contribution in [-0.4, -0.2) is 10.9 Å². The van der Waals surface area contributed by atoms with E-state index in [4.69, 9.17) is 0 Å². The van der Waals surface area contributed by atoms with Crippen LogP contribution in [-0.2, 0) is 6.54 Å². The summed E-state index contributed by atoms with van der Waals surface area (Å²) in [4.78, 5) is 1.22. The molecule has 0 bridgehead atoms. The quantitative estimate of drug-likeness (QED) is 0.490. The number of rotatable bonds is 6. The van der Waals surface area contributed by atoms with Gasteiger partial charge < -0.3 is 5.11 Å². The Bertz CT molecular complexity index is 456. The van der Waals surface area contributed by atoms with Crippen LogP contribution in [0.25, 0.3) is 0 Å². The first-order valence-corrected chi connectivity index (χ1v) is 7.19. The monoisotopic (exact) mass is 260 g/mol. The van der Waals surface area contributed by atoms with Gasteiger partial charge in [0.2, 0.25) is 0 Å². The van der Waals surface area contributed by atoms with Crippen molar-refractivity contribution in [2.45, 2.75) is 24.3 Å². The van der Waals surface area contributed by atoms with E-state index < -0.39 is 0 Å². The van der Waals surface area contributed by atoms with Crippen molar-refractivity contribution >= 4 is 11.8 Å². The van der Waals surface area contributed by atoms with Crippen molar-refractivity contribution in [1.29, 1.82) is 0 Å². The number of hydrogen-bond donors (Lipinski definition) is 1. The third-order valence-electron chi connectivity index (χ3n) is 2.69. The topological polar surface area (TPSA) is 24.1 Å². The summed E-state index contributed by atoms with van der Waals surface area (Å²) in [6.45, 7) is 1.08. The summed E-state index contributed by atoms with van der Waals surface area (Å²) in [5, 5.41) is 9.18. The summed E-state index contributed by atoms with van der Waals surface area (Å²) in [5.74, 6) is 1.46. The van der Waals surface area contributed by atoms with Gasteiger partial charge in [-0.2, -0.15) is 0 Å². The lowest BCUT2D eigenvalue weighted by Gasteiger charge is -2.01. The number of pyridine rings is 1. The van der Waals surface area contributed by atoms with Gasteiger partial charge in [0.1, 0.15) is 12.3 Å². The van der Waals surface area contributed by atoms with Crippen molar-refractivity contribution in [3.05, 3.63) is 54.9 Å². The molecule has 0 atom stereocenters. The van der Waals surface area contributed by atoms with Gasteiger partial charge in [0.05, 0.1) is 0 Å². The molecule has 1 aromatic heterocycles. The molecular formula is C15H18NOS+. The van der Waals surface area contributed by atoms with Gasteiger partial charge >= 0.3 is 0 Å². The smallest absolute Gasteiger partial charge is 0.168 e. The molecule has 3 heteroatoms. The average molecular weight is 260 g/mol. The third-order valence-corrected chi connectivity index (χ3v) is 3.79. The van der Waals surface area contributed by atoms with E-state index in [9.17, 15) is 5.11 Å². The number of benzene rings is 1. The zero-order valence-electron chi connectivity index (χ0n) is 10.3. The molecule has 0 aliphatic rings. The summed E-state index contributed by atoms with van der Waals surface area (Å²) >= 11 is 1.84. The lowest BCUT2D eigenvalue weighted by Crippen LogP contribution is -2.32. The van der Waals surface area contributed by atoms with Crippen molar-refractivity contribution in [1.82, 2.24) is 0 Å². The second-order valence-corrected chi connectivity index (χ2v) is 5.33. The van der Waals surface area contributed by atoms with Gasteiger partial charge in [-0.15, -0.1) is 11.8 Å². The molecule has 0 saturated carbocycles. The minimum atomic E-state index is 0.333. The highest BCUT2D eigenvalue weighted by Gasteiger charge is 1.99. The lowest BCUT2D eigenvalue weighted by molar-refractivity contribution is -0.697. The molecule has 0 aliphatic carbocycles. The lowest BCUT2D eigenvalue weighted by atomic mass is 10.3. The summed E-state index contributed by atoms with van der Waals surface area (Å²) in [6, 6.07) is 13.6.